The lowest BCUT2D eigenvalue weighted by Gasteiger charge is -2.04. The van der Waals surface area contributed by atoms with E-state index in [0.29, 0.717) is 17.2 Å². The SMILES string of the molecule is COc1cc(C#N)ccc1CCl. The largest absolute Gasteiger partial charge is 0.496 e. The first-order chi connectivity index (χ1) is 5.81. The van der Waals surface area contributed by atoms with Crippen LogP contribution in [0.2, 0.25) is 0 Å². The van der Waals surface area contributed by atoms with Gasteiger partial charge in [-0.2, -0.15) is 5.26 Å². The molecule has 3 heteroatoms. The van der Waals surface area contributed by atoms with Crippen LogP contribution in [0, 0.1) is 11.3 Å². The standard InChI is InChI=1S/C9H8ClNO/c1-12-9-4-7(6-11)2-3-8(9)5-10/h2-4H,5H2,1H3. The maximum Gasteiger partial charge on any atom is 0.124 e. The van der Waals surface area contributed by atoms with Gasteiger partial charge in [-0.15, -0.1) is 11.6 Å². The van der Waals surface area contributed by atoms with Crippen molar-refractivity contribution < 1.29 is 4.74 Å². The van der Waals surface area contributed by atoms with Gasteiger partial charge in [-0.1, -0.05) is 6.07 Å². The van der Waals surface area contributed by atoms with Crippen LogP contribution in [0.4, 0.5) is 0 Å². The number of hydrogen-bond acceptors (Lipinski definition) is 2. The van der Waals surface area contributed by atoms with Gasteiger partial charge in [0.25, 0.3) is 0 Å². The second-order valence-corrected chi connectivity index (χ2v) is 2.54. The predicted molar refractivity (Wildman–Crippen MR) is 47.3 cm³/mol. The Morgan fingerprint density at radius 2 is 2.33 bits per heavy atom. The number of nitriles is 1. The molecule has 0 atom stereocenters. The molecule has 0 spiro atoms. The number of ether oxygens (including phenoxy) is 1. The Morgan fingerprint density at radius 1 is 1.58 bits per heavy atom. The lowest BCUT2D eigenvalue weighted by atomic mass is 10.1. The summed E-state index contributed by atoms with van der Waals surface area (Å²) in [4.78, 5) is 0. The van der Waals surface area contributed by atoms with Crippen LogP contribution in [0.15, 0.2) is 18.2 Å². The van der Waals surface area contributed by atoms with E-state index < -0.39 is 0 Å². The third-order valence-corrected chi connectivity index (χ3v) is 1.85. The van der Waals surface area contributed by atoms with Crippen LogP contribution in [0.5, 0.6) is 5.75 Å². The van der Waals surface area contributed by atoms with Crippen LogP contribution < -0.4 is 4.74 Å². The van der Waals surface area contributed by atoms with E-state index in [2.05, 4.69) is 0 Å². The quantitative estimate of drug-likeness (QED) is 0.656. The molecule has 1 aromatic rings. The molecule has 0 aliphatic heterocycles. The Labute approximate surface area is 76.3 Å². The van der Waals surface area contributed by atoms with Gasteiger partial charge in [-0.25, -0.2) is 0 Å². The van der Waals surface area contributed by atoms with Gasteiger partial charge in [0.2, 0.25) is 0 Å². The maximum absolute atomic E-state index is 8.58. The highest BCUT2D eigenvalue weighted by Gasteiger charge is 2.01. The lowest BCUT2D eigenvalue weighted by Crippen LogP contribution is -1.89. The highest BCUT2D eigenvalue weighted by molar-refractivity contribution is 6.17. The van der Waals surface area contributed by atoms with Crippen molar-refractivity contribution in [2.75, 3.05) is 7.11 Å². The molecule has 12 heavy (non-hydrogen) atoms. The van der Waals surface area contributed by atoms with Crippen molar-refractivity contribution >= 4 is 11.6 Å². The topological polar surface area (TPSA) is 33.0 Å². The Morgan fingerprint density at radius 3 is 2.83 bits per heavy atom. The molecule has 0 unspecified atom stereocenters. The number of benzene rings is 1. The van der Waals surface area contributed by atoms with Gasteiger partial charge in [-0.3, -0.25) is 0 Å². The highest BCUT2D eigenvalue weighted by atomic mass is 35.5. The Balaban J connectivity index is 3.13. The third kappa shape index (κ3) is 1.69. The molecule has 0 aliphatic carbocycles. The van der Waals surface area contributed by atoms with Gasteiger partial charge in [0.1, 0.15) is 5.75 Å². The minimum atomic E-state index is 0.398. The Hall–Kier alpha value is -1.20. The van der Waals surface area contributed by atoms with Crippen molar-refractivity contribution in [1.29, 1.82) is 5.26 Å². The highest BCUT2D eigenvalue weighted by Crippen LogP contribution is 2.21. The summed E-state index contributed by atoms with van der Waals surface area (Å²) in [6.07, 6.45) is 0. The first kappa shape index (κ1) is 8.89. The molecule has 0 heterocycles. The van der Waals surface area contributed by atoms with Gasteiger partial charge in [0.15, 0.2) is 0 Å². The van der Waals surface area contributed by atoms with E-state index in [1.165, 1.54) is 0 Å². The molecular formula is C9H8ClNO. The molecule has 0 fully saturated rings. The molecule has 0 aromatic heterocycles. The monoisotopic (exact) mass is 181 g/mol. The zero-order chi connectivity index (χ0) is 8.97. The molecular weight excluding hydrogens is 174 g/mol. The van der Waals surface area contributed by atoms with E-state index in [0.717, 1.165) is 5.56 Å². The summed E-state index contributed by atoms with van der Waals surface area (Å²) in [6.45, 7) is 0. The van der Waals surface area contributed by atoms with Crippen molar-refractivity contribution in [1.82, 2.24) is 0 Å². The van der Waals surface area contributed by atoms with E-state index in [4.69, 9.17) is 21.6 Å². The van der Waals surface area contributed by atoms with Gasteiger partial charge in [0.05, 0.1) is 24.6 Å². The number of halogens is 1. The minimum absolute atomic E-state index is 0.398. The molecule has 1 rings (SSSR count). The molecule has 0 radical (unpaired) electrons. The average molecular weight is 182 g/mol. The molecule has 0 aliphatic rings. The second-order valence-electron chi connectivity index (χ2n) is 2.27. The summed E-state index contributed by atoms with van der Waals surface area (Å²) in [5.41, 5.74) is 1.49. The zero-order valence-electron chi connectivity index (χ0n) is 6.67. The minimum Gasteiger partial charge on any atom is -0.496 e. The van der Waals surface area contributed by atoms with Crippen molar-refractivity contribution in [3.8, 4) is 11.8 Å². The van der Waals surface area contributed by atoms with Crippen LogP contribution in [0.1, 0.15) is 11.1 Å². The third-order valence-electron chi connectivity index (χ3n) is 1.56. The van der Waals surface area contributed by atoms with E-state index in [1.807, 2.05) is 6.07 Å². The van der Waals surface area contributed by atoms with E-state index in [1.54, 1.807) is 25.3 Å². The fraction of sp³-hybridized carbons (Fsp3) is 0.222. The van der Waals surface area contributed by atoms with Crippen molar-refractivity contribution in [2.45, 2.75) is 5.88 Å². The molecule has 0 saturated carbocycles. The first-order valence-electron chi connectivity index (χ1n) is 3.44. The zero-order valence-corrected chi connectivity index (χ0v) is 7.43. The van der Waals surface area contributed by atoms with Crippen molar-refractivity contribution in [2.24, 2.45) is 0 Å². The van der Waals surface area contributed by atoms with Gasteiger partial charge >= 0.3 is 0 Å². The number of methoxy groups -OCH3 is 1. The maximum atomic E-state index is 8.58. The predicted octanol–water partition coefficient (Wildman–Crippen LogP) is 2.31. The van der Waals surface area contributed by atoms with Gasteiger partial charge < -0.3 is 4.74 Å². The van der Waals surface area contributed by atoms with E-state index >= 15 is 0 Å². The molecule has 2 nitrogen and oxygen atoms in total. The fourth-order valence-electron chi connectivity index (χ4n) is 0.925. The number of hydrogen-bond donors (Lipinski definition) is 0. The first-order valence-corrected chi connectivity index (χ1v) is 3.98. The summed E-state index contributed by atoms with van der Waals surface area (Å²) in [7, 11) is 1.56. The molecule has 62 valence electrons. The van der Waals surface area contributed by atoms with Crippen molar-refractivity contribution in [3.05, 3.63) is 29.3 Å². The average Bonchev–Trinajstić information content (AvgIpc) is 2.16. The Kier molecular flexibility index (Phi) is 2.95. The smallest absolute Gasteiger partial charge is 0.124 e. The van der Waals surface area contributed by atoms with E-state index in [9.17, 15) is 0 Å². The fourth-order valence-corrected chi connectivity index (χ4v) is 1.15. The van der Waals surface area contributed by atoms with Crippen molar-refractivity contribution in [3.63, 3.8) is 0 Å². The molecule has 0 bridgehead atoms. The number of rotatable bonds is 2. The molecule has 0 saturated heterocycles. The van der Waals surface area contributed by atoms with Crippen LogP contribution in [-0.2, 0) is 5.88 Å². The summed E-state index contributed by atoms with van der Waals surface area (Å²) >= 11 is 5.64. The summed E-state index contributed by atoms with van der Waals surface area (Å²) in [6, 6.07) is 7.23. The van der Waals surface area contributed by atoms with Crippen LogP contribution in [0.3, 0.4) is 0 Å². The van der Waals surface area contributed by atoms with Gasteiger partial charge in [0, 0.05) is 5.56 Å². The molecule has 0 amide bonds. The number of alkyl halides is 1. The van der Waals surface area contributed by atoms with Gasteiger partial charge in [-0.05, 0) is 12.1 Å². The Bertz CT molecular complexity index is 317. The summed E-state index contributed by atoms with van der Waals surface area (Å²) in [5.74, 6) is 1.07. The van der Waals surface area contributed by atoms with Crippen LogP contribution in [0.25, 0.3) is 0 Å². The molecule has 0 N–H and O–H groups in total. The number of nitrogens with zero attached hydrogens (tertiary/aromatic N) is 1. The van der Waals surface area contributed by atoms with E-state index in [-0.39, 0.29) is 0 Å². The summed E-state index contributed by atoms with van der Waals surface area (Å²) in [5, 5.41) is 8.58. The second kappa shape index (κ2) is 3.99. The van der Waals surface area contributed by atoms with Crippen LogP contribution >= 0.6 is 11.6 Å². The normalized spacial score (nSPS) is 9.08. The van der Waals surface area contributed by atoms with Crippen LogP contribution in [-0.4, -0.2) is 7.11 Å². The lowest BCUT2D eigenvalue weighted by molar-refractivity contribution is 0.411. The summed E-state index contributed by atoms with van der Waals surface area (Å²) < 4.78 is 5.04. The molecule has 1 aromatic carbocycles.